The number of carbonyl (C=O) groups is 2. The van der Waals surface area contributed by atoms with Crippen molar-refractivity contribution in [1.29, 1.82) is 0 Å². The van der Waals surface area contributed by atoms with Gasteiger partial charge in [0.15, 0.2) is 0 Å². The monoisotopic (exact) mass is 295 g/mol. The van der Waals surface area contributed by atoms with E-state index >= 15 is 0 Å². The average Bonchev–Trinajstić information content (AvgIpc) is 2.35. The molecule has 0 aromatic heterocycles. The van der Waals surface area contributed by atoms with E-state index in [1.165, 1.54) is 13.2 Å². The van der Waals surface area contributed by atoms with Crippen LogP contribution in [-0.2, 0) is 14.3 Å². The molecule has 0 spiro atoms. The molecule has 1 rings (SSSR count). The predicted octanol–water partition coefficient (Wildman–Crippen LogP) is 3.31. The summed E-state index contributed by atoms with van der Waals surface area (Å²) in [6.07, 6.45) is 5.24. The minimum absolute atomic E-state index is 0.405. The van der Waals surface area contributed by atoms with E-state index in [9.17, 15) is 9.59 Å². The number of hydrogen-bond donors (Lipinski definition) is 1. The molecule has 1 aliphatic rings. The number of amides is 1. The highest BCUT2D eigenvalue weighted by atomic mass is 16.6. The Bertz CT molecular complexity index is 457. The fourth-order valence-electron chi connectivity index (χ4n) is 2.11. The zero-order valence-electron chi connectivity index (χ0n) is 13.5. The van der Waals surface area contributed by atoms with Crippen LogP contribution in [0.3, 0.4) is 0 Å². The number of esters is 1. The molecule has 1 atom stereocenters. The average molecular weight is 295 g/mol. The molecule has 0 aromatic rings. The van der Waals surface area contributed by atoms with Crippen molar-refractivity contribution in [2.45, 2.75) is 52.6 Å². The third-order valence-corrected chi connectivity index (χ3v) is 3.12. The summed E-state index contributed by atoms with van der Waals surface area (Å²) in [5.41, 5.74) is 1.24. The molecule has 0 aromatic carbocycles. The minimum Gasteiger partial charge on any atom is -0.466 e. The highest BCUT2D eigenvalue weighted by molar-refractivity contribution is 5.82. The Morgan fingerprint density at radius 2 is 2.00 bits per heavy atom. The second-order valence-corrected chi connectivity index (χ2v) is 6.34. The van der Waals surface area contributed by atoms with Gasteiger partial charge in [0.25, 0.3) is 0 Å². The lowest BCUT2D eigenvalue weighted by molar-refractivity contribution is -0.134. The maximum absolute atomic E-state index is 11.9. The third kappa shape index (κ3) is 6.47. The number of carbonyl (C=O) groups excluding carboxylic acids is 2. The second kappa shape index (κ2) is 7.29. The van der Waals surface area contributed by atoms with Gasteiger partial charge in [0.1, 0.15) is 5.60 Å². The first-order valence-electron chi connectivity index (χ1n) is 7.19. The Morgan fingerprint density at radius 3 is 2.57 bits per heavy atom. The topological polar surface area (TPSA) is 64.6 Å². The molecule has 118 valence electrons. The van der Waals surface area contributed by atoms with E-state index in [-0.39, 0.29) is 0 Å². The van der Waals surface area contributed by atoms with Crippen LogP contribution in [0.15, 0.2) is 23.4 Å². The summed E-state index contributed by atoms with van der Waals surface area (Å²) in [5, 5.41) is 2.81. The number of rotatable bonds is 3. The molecule has 0 saturated heterocycles. The largest absolute Gasteiger partial charge is 0.466 e. The molecule has 0 fully saturated rings. The molecule has 0 radical (unpaired) electrons. The van der Waals surface area contributed by atoms with Crippen molar-refractivity contribution in [3.63, 3.8) is 0 Å². The number of allylic oxidation sites excluding steroid dienone is 3. The van der Waals surface area contributed by atoms with Gasteiger partial charge in [-0.2, -0.15) is 0 Å². The standard InChI is InChI=1S/C16H25NO4/c1-11-6-7-12(8-9-14(18)20-5)13(10-11)17-15(19)21-16(2,3)4/h8-9,11H,6-7,10H2,1-5H3,(H,17,19)/t11-/m1/s1. The lowest BCUT2D eigenvalue weighted by Gasteiger charge is -2.26. The van der Waals surface area contributed by atoms with Crippen LogP contribution < -0.4 is 5.32 Å². The van der Waals surface area contributed by atoms with E-state index in [2.05, 4.69) is 17.0 Å². The molecule has 0 bridgehead atoms. The van der Waals surface area contributed by atoms with Gasteiger partial charge in [-0.15, -0.1) is 0 Å². The van der Waals surface area contributed by atoms with Crippen molar-refractivity contribution >= 4 is 12.1 Å². The molecule has 1 N–H and O–H groups in total. The van der Waals surface area contributed by atoms with Gasteiger partial charge in [0.05, 0.1) is 7.11 Å². The van der Waals surface area contributed by atoms with E-state index in [0.717, 1.165) is 30.5 Å². The molecular weight excluding hydrogens is 270 g/mol. The normalized spacial score (nSPS) is 19.6. The first-order chi connectivity index (χ1) is 9.71. The fourth-order valence-corrected chi connectivity index (χ4v) is 2.11. The number of nitrogens with one attached hydrogen (secondary N) is 1. The smallest absolute Gasteiger partial charge is 0.411 e. The van der Waals surface area contributed by atoms with Gasteiger partial charge in [-0.3, -0.25) is 5.32 Å². The predicted molar refractivity (Wildman–Crippen MR) is 80.6 cm³/mol. The third-order valence-electron chi connectivity index (χ3n) is 3.12. The summed E-state index contributed by atoms with van der Waals surface area (Å²) >= 11 is 0. The van der Waals surface area contributed by atoms with Crippen molar-refractivity contribution in [2.75, 3.05) is 7.11 Å². The number of alkyl carbamates (subject to hydrolysis) is 1. The first-order valence-corrected chi connectivity index (χ1v) is 7.19. The van der Waals surface area contributed by atoms with E-state index in [0.29, 0.717) is 5.92 Å². The number of ether oxygens (including phenoxy) is 2. The van der Waals surface area contributed by atoms with Gasteiger partial charge < -0.3 is 9.47 Å². The van der Waals surface area contributed by atoms with E-state index in [4.69, 9.17) is 4.74 Å². The summed E-state index contributed by atoms with van der Waals surface area (Å²) in [6.45, 7) is 7.60. The van der Waals surface area contributed by atoms with Gasteiger partial charge in [-0.25, -0.2) is 9.59 Å². The zero-order chi connectivity index (χ0) is 16.0. The summed E-state index contributed by atoms with van der Waals surface area (Å²) in [6, 6.07) is 0. The van der Waals surface area contributed by atoms with E-state index < -0.39 is 17.7 Å². The maximum atomic E-state index is 11.9. The molecule has 0 aliphatic heterocycles. The van der Waals surface area contributed by atoms with Crippen LogP contribution >= 0.6 is 0 Å². The molecule has 5 nitrogen and oxygen atoms in total. The Hall–Kier alpha value is -1.78. The molecule has 0 saturated carbocycles. The van der Waals surface area contributed by atoms with Crippen LogP contribution in [0.5, 0.6) is 0 Å². The first kappa shape index (κ1) is 17.3. The highest BCUT2D eigenvalue weighted by Crippen LogP contribution is 2.28. The summed E-state index contributed by atoms with van der Waals surface area (Å²) in [5.74, 6) is 0.0861. The van der Waals surface area contributed by atoms with Gasteiger partial charge in [0.2, 0.25) is 0 Å². The highest BCUT2D eigenvalue weighted by Gasteiger charge is 2.21. The van der Waals surface area contributed by atoms with Crippen LogP contribution in [0.1, 0.15) is 47.0 Å². The van der Waals surface area contributed by atoms with E-state index in [1.54, 1.807) is 6.08 Å². The Balaban J connectivity index is 2.84. The van der Waals surface area contributed by atoms with Crippen LogP contribution in [0, 0.1) is 5.92 Å². The molecular formula is C16H25NO4. The minimum atomic E-state index is -0.535. The van der Waals surface area contributed by atoms with Crippen LogP contribution in [-0.4, -0.2) is 24.8 Å². The lowest BCUT2D eigenvalue weighted by atomic mass is 9.88. The Morgan fingerprint density at radius 1 is 1.33 bits per heavy atom. The number of hydrogen-bond acceptors (Lipinski definition) is 4. The fraction of sp³-hybridized carbons (Fsp3) is 0.625. The summed E-state index contributed by atoms with van der Waals surface area (Å²) in [4.78, 5) is 23.1. The van der Waals surface area contributed by atoms with Crippen LogP contribution in [0.2, 0.25) is 0 Å². The van der Waals surface area contributed by atoms with Gasteiger partial charge >= 0.3 is 12.1 Å². The Labute approximate surface area is 126 Å². The number of methoxy groups -OCH3 is 1. The quantitative estimate of drug-likeness (QED) is 0.641. The molecule has 1 amide bonds. The van der Waals surface area contributed by atoms with Gasteiger partial charge in [0, 0.05) is 11.8 Å². The summed E-state index contributed by atoms with van der Waals surface area (Å²) in [7, 11) is 1.34. The molecule has 5 heteroatoms. The second-order valence-electron chi connectivity index (χ2n) is 6.34. The Kier molecular flexibility index (Phi) is 6.00. The summed E-state index contributed by atoms with van der Waals surface area (Å²) < 4.78 is 9.86. The zero-order valence-corrected chi connectivity index (χ0v) is 13.5. The van der Waals surface area contributed by atoms with Crippen molar-refractivity contribution in [3.8, 4) is 0 Å². The van der Waals surface area contributed by atoms with Crippen molar-refractivity contribution < 1.29 is 19.1 Å². The van der Waals surface area contributed by atoms with Gasteiger partial charge in [-0.1, -0.05) is 13.0 Å². The van der Waals surface area contributed by atoms with E-state index in [1.807, 2.05) is 20.8 Å². The lowest BCUT2D eigenvalue weighted by Crippen LogP contribution is -2.33. The molecule has 21 heavy (non-hydrogen) atoms. The van der Waals surface area contributed by atoms with Crippen molar-refractivity contribution in [1.82, 2.24) is 5.32 Å². The van der Waals surface area contributed by atoms with Crippen LogP contribution in [0.25, 0.3) is 0 Å². The molecule has 0 heterocycles. The van der Waals surface area contributed by atoms with Gasteiger partial charge in [-0.05, 0) is 51.5 Å². The molecule has 1 aliphatic carbocycles. The molecule has 0 unspecified atom stereocenters. The van der Waals surface area contributed by atoms with Crippen molar-refractivity contribution in [2.24, 2.45) is 5.92 Å². The SMILES string of the molecule is COC(=O)C=CC1=C(NC(=O)OC(C)(C)C)C[C@H](C)CC1. The maximum Gasteiger partial charge on any atom is 0.411 e. The van der Waals surface area contributed by atoms with Crippen molar-refractivity contribution in [3.05, 3.63) is 23.4 Å². The van der Waals surface area contributed by atoms with Crippen LogP contribution in [0.4, 0.5) is 4.79 Å².